The Morgan fingerprint density at radius 2 is 2.29 bits per heavy atom. The van der Waals surface area contributed by atoms with Gasteiger partial charge in [-0.3, -0.25) is 14.4 Å². The zero-order valence-corrected chi connectivity index (χ0v) is 13.1. The van der Waals surface area contributed by atoms with Gasteiger partial charge in [0.15, 0.2) is 9.84 Å². The van der Waals surface area contributed by atoms with Crippen LogP contribution in [0.3, 0.4) is 0 Å². The Bertz CT molecular complexity index is 609. The number of rotatable bonds is 6. The third-order valence-corrected chi connectivity index (χ3v) is 5.38. The average Bonchev–Trinajstić information content (AvgIpc) is 2.94. The molecule has 2 heterocycles. The number of nitrogens with zero attached hydrogens (tertiary/aromatic N) is 3. The molecule has 1 unspecified atom stereocenters. The van der Waals surface area contributed by atoms with Gasteiger partial charge < -0.3 is 5.11 Å². The number of carboxylic acid groups (broad SMARTS) is 1. The van der Waals surface area contributed by atoms with Gasteiger partial charge in [0.25, 0.3) is 0 Å². The molecular formula is C13H21N3O4S. The SMILES string of the molecule is CC(C)n1cc(CN(CC(=O)O)C2CCS(=O)(=O)C2)cn1. The third kappa shape index (κ3) is 4.28. The summed E-state index contributed by atoms with van der Waals surface area (Å²) in [7, 11) is -3.03. The Morgan fingerprint density at radius 1 is 1.57 bits per heavy atom. The van der Waals surface area contributed by atoms with Crippen LogP contribution >= 0.6 is 0 Å². The number of hydrogen-bond donors (Lipinski definition) is 1. The van der Waals surface area contributed by atoms with Crippen molar-refractivity contribution in [1.82, 2.24) is 14.7 Å². The number of sulfone groups is 1. The molecule has 1 aliphatic rings. The van der Waals surface area contributed by atoms with E-state index in [4.69, 9.17) is 5.11 Å². The highest BCUT2D eigenvalue weighted by molar-refractivity contribution is 7.91. The second-order valence-electron chi connectivity index (χ2n) is 5.78. The standard InChI is InChI=1S/C13H21N3O4S/c1-10(2)16-7-11(5-14-16)6-15(8-13(17)18)12-3-4-21(19,20)9-12/h5,7,10,12H,3-4,6,8-9H2,1-2H3,(H,17,18). The maximum atomic E-state index is 11.6. The van der Waals surface area contributed by atoms with Gasteiger partial charge in [0, 0.05) is 30.4 Å². The summed E-state index contributed by atoms with van der Waals surface area (Å²) < 4.78 is 25.0. The van der Waals surface area contributed by atoms with Crippen molar-refractivity contribution < 1.29 is 18.3 Å². The molecule has 0 spiro atoms. The average molecular weight is 315 g/mol. The van der Waals surface area contributed by atoms with E-state index in [1.54, 1.807) is 15.8 Å². The molecule has 118 valence electrons. The Morgan fingerprint density at radius 3 is 2.76 bits per heavy atom. The minimum Gasteiger partial charge on any atom is -0.480 e. The van der Waals surface area contributed by atoms with Crippen LogP contribution in [0.5, 0.6) is 0 Å². The molecule has 0 radical (unpaired) electrons. The van der Waals surface area contributed by atoms with E-state index in [0.717, 1.165) is 5.56 Å². The molecule has 1 N–H and O–H groups in total. The quantitative estimate of drug-likeness (QED) is 0.823. The molecule has 1 atom stereocenters. The summed E-state index contributed by atoms with van der Waals surface area (Å²) in [6.07, 6.45) is 4.08. The van der Waals surface area contributed by atoms with Gasteiger partial charge in [-0.05, 0) is 20.3 Å². The fraction of sp³-hybridized carbons (Fsp3) is 0.692. The summed E-state index contributed by atoms with van der Waals surface area (Å²) >= 11 is 0. The molecule has 1 saturated heterocycles. The van der Waals surface area contributed by atoms with Gasteiger partial charge in [0.2, 0.25) is 0 Å². The number of carbonyl (C=O) groups is 1. The molecule has 7 nitrogen and oxygen atoms in total. The zero-order valence-electron chi connectivity index (χ0n) is 12.3. The maximum absolute atomic E-state index is 11.6. The van der Waals surface area contributed by atoms with Crippen LogP contribution in [0.1, 0.15) is 31.9 Å². The Hall–Kier alpha value is -1.41. The van der Waals surface area contributed by atoms with Crippen molar-refractivity contribution in [3.05, 3.63) is 18.0 Å². The van der Waals surface area contributed by atoms with Crippen LogP contribution < -0.4 is 0 Å². The van der Waals surface area contributed by atoms with E-state index in [-0.39, 0.29) is 30.1 Å². The number of aliphatic carboxylic acids is 1. The molecule has 8 heteroatoms. The van der Waals surface area contributed by atoms with Crippen molar-refractivity contribution in [2.45, 2.75) is 38.9 Å². The van der Waals surface area contributed by atoms with Crippen molar-refractivity contribution >= 4 is 15.8 Å². The minimum absolute atomic E-state index is 0.0403. The van der Waals surface area contributed by atoms with Gasteiger partial charge in [0.1, 0.15) is 0 Å². The third-order valence-electron chi connectivity index (χ3n) is 3.63. The monoisotopic (exact) mass is 315 g/mol. The van der Waals surface area contributed by atoms with Gasteiger partial charge in [-0.15, -0.1) is 0 Å². The highest BCUT2D eigenvalue weighted by Gasteiger charge is 2.33. The number of hydrogen-bond acceptors (Lipinski definition) is 5. The van der Waals surface area contributed by atoms with Gasteiger partial charge >= 0.3 is 5.97 Å². The lowest BCUT2D eigenvalue weighted by Crippen LogP contribution is -2.39. The lowest BCUT2D eigenvalue weighted by Gasteiger charge is -2.25. The lowest BCUT2D eigenvalue weighted by molar-refractivity contribution is -0.139. The summed E-state index contributed by atoms with van der Waals surface area (Å²) in [5.41, 5.74) is 0.897. The molecule has 0 aliphatic carbocycles. The van der Waals surface area contributed by atoms with E-state index in [1.165, 1.54) is 0 Å². The van der Waals surface area contributed by atoms with Crippen LogP contribution in [0.4, 0.5) is 0 Å². The maximum Gasteiger partial charge on any atom is 0.317 e. The van der Waals surface area contributed by atoms with Crippen molar-refractivity contribution in [3.63, 3.8) is 0 Å². The molecule has 0 bridgehead atoms. The molecule has 1 fully saturated rings. The fourth-order valence-electron chi connectivity index (χ4n) is 2.53. The second kappa shape index (κ2) is 6.15. The molecular weight excluding hydrogens is 294 g/mol. The first-order valence-corrected chi connectivity index (χ1v) is 8.78. The summed E-state index contributed by atoms with van der Waals surface area (Å²) in [4.78, 5) is 12.7. The van der Waals surface area contributed by atoms with Crippen molar-refractivity contribution in [2.24, 2.45) is 0 Å². The van der Waals surface area contributed by atoms with E-state index in [1.807, 2.05) is 20.0 Å². The van der Waals surface area contributed by atoms with E-state index < -0.39 is 15.8 Å². The van der Waals surface area contributed by atoms with Crippen LogP contribution in [-0.2, 0) is 21.2 Å². The largest absolute Gasteiger partial charge is 0.480 e. The highest BCUT2D eigenvalue weighted by Crippen LogP contribution is 2.20. The van der Waals surface area contributed by atoms with Crippen LogP contribution in [0.25, 0.3) is 0 Å². The Labute approximate surface area is 124 Å². The van der Waals surface area contributed by atoms with Gasteiger partial charge in [-0.1, -0.05) is 0 Å². The normalized spacial score (nSPS) is 21.2. The highest BCUT2D eigenvalue weighted by atomic mass is 32.2. The first-order chi connectivity index (χ1) is 9.77. The smallest absolute Gasteiger partial charge is 0.317 e. The number of carboxylic acids is 1. The molecule has 1 aliphatic heterocycles. The van der Waals surface area contributed by atoms with Gasteiger partial charge in [-0.2, -0.15) is 5.10 Å². The van der Waals surface area contributed by atoms with Gasteiger partial charge in [0.05, 0.1) is 24.2 Å². The molecule has 2 rings (SSSR count). The summed E-state index contributed by atoms with van der Waals surface area (Å²) in [5, 5.41) is 13.3. The molecule has 0 saturated carbocycles. The first-order valence-electron chi connectivity index (χ1n) is 6.96. The van der Waals surface area contributed by atoms with E-state index in [9.17, 15) is 13.2 Å². The topological polar surface area (TPSA) is 92.5 Å². The second-order valence-corrected chi connectivity index (χ2v) is 8.01. The lowest BCUT2D eigenvalue weighted by atomic mass is 10.2. The summed E-state index contributed by atoms with van der Waals surface area (Å²) in [6, 6.07) is 0.00651. The fourth-order valence-corrected chi connectivity index (χ4v) is 4.29. The van der Waals surface area contributed by atoms with Crippen molar-refractivity contribution in [3.8, 4) is 0 Å². The Balaban J connectivity index is 2.10. The van der Waals surface area contributed by atoms with Crippen LogP contribution in [0.2, 0.25) is 0 Å². The predicted molar refractivity (Wildman–Crippen MR) is 77.7 cm³/mol. The molecule has 1 aromatic rings. The zero-order chi connectivity index (χ0) is 15.6. The van der Waals surface area contributed by atoms with E-state index in [0.29, 0.717) is 13.0 Å². The van der Waals surface area contributed by atoms with Crippen molar-refractivity contribution in [1.29, 1.82) is 0 Å². The number of aromatic nitrogens is 2. The molecule has 0 aromatic carbocycles. The summed E-state index contributed by atoms with van der Waals surface area (Å²) in [6.45, 7) is 4.26. The van der Waals surface area contributed by atoms with Crippen LogP contribution in [0, 0.1) is 0 Å². The molecule has 1 aromatic heterocycles. The van der Waals surface area contributed by atoms with Crippen molar-refractivity contribution in [2.75, 3.05) is 18.1 Å². The van der Waals surface area contributed by atoms with E-state index in [2.05, 4.69) is 5.10 Å². The molecule has 0 amide bonds. The summed E-state index contributed by atoms with van der Waals surface area (Å²) in [5.74, 6) is -0.770. The Kier molecular flexibility index (Phi) is 4.67. The predicted octanol–water partition coefficient (Wildman–Crippen LogP) is 0.538. The van der Waals surface area contributed by atoms with E-state index >= 15 is 0 Å². The molecule has 21 heavy (non-hydrogen) atoms. The minimum atomic E-state index is -3.03. The first kappa shape index (κ1) is 16.0. The van der Waals surface area contributed by atoms with Gasteiger partial charge in [-0.25, -0.2) is 8.42 Å². The van der Waals surface area contributed by atoms with Crippen LogP contribution in [-0.4, -0.2) is 58.3 Å². The van der Waals surface area contributed by atoms with Crippen LogP contribution in [0.15, 0.2) is 12.4 Å².